The molecule has 4 heterocycles. The molecular weight excluding hydrogens is 428 g/mol. The number of pyridine rings is 2. The number of carbonyl (C=O) groups is 1. The number of aryl methyl sites for hydroxylation is 1. The zero-order valence-electron chi connectivity index (χ0n) is 19.2. The lowest BCUT2D eigenvalue weighted by atomic mass is 9.97. The molecule has 1 fully saturated rings. The lowest BCUT2D eigenvalue weighted by Crippen LogP contribution is -2.38. The van der Waals surface area contributed by atoms with E-state index < -0.39 is 5.97 Å². The monoisotopic (exact) mass is 456 g/mol. The van der Waals surface area contributed by atoms with Gasteiger partial charge in [-0.05, 0) is 63.2 Å². The van der Waals surface area contributed by atoms with E-state index >= 15 is 0 Å². The number of carboxylic acids is 1. The average Bonchev–Trinajstić information content (AvgIpc) is 3.34. The Balaban J connectivity index is 1.29. The van der Waals surface area contributed by atoms with Crippen LogP contribution in [0.3, 0.4) is 0 Å². The number of imidazole rings is 1. The maximum absolute atomic E-state index is 11.1. The number of aromatic nitrogens is 4. The number of hydrogen-bond acceptors (Lipinski definition) is 6. The normalized spacial score (nSPS) is 15.0. The van der Waals surface area contributed by atoms with Crippen molar-refractivity contribution in [2.24, 2.45) is 5.92 Å². The molecule has 8 heteroatoms. The zero-order valence-corrected chi connectivity index (χ0v) is 19.2. The van der Waals surface area contributed by atoms with E-state index in [4.69, 9.17) is 5.11 Å². The van der Waals surface area contributed by atoms with Crippen LogP contribution in [0.1, 0.15) is 18.5 Å². The van der Waals surface area contributed by atoms with Crippen LogP contribution in [0.5, 0.6) is 0 Å². The lowest BCUT2D eigenvalue weighted by molar-refractivity contribution is -0.143. The Morgan fingerprint density at radius 2 is 2.03 bits per heavy atom. The number of hydrogen-bond donors (Lipinski definition) is 3. The number of H-pyrrole nitrogens is 1. The van der Waals surface area contributed by atoms with Gasteiger partial charge in [-0.15, -0.1) is 0 Å². The highest BCUT2D eigenvalue weighted by atomic mass is 16.4. The molecule has 0 atom stereocenters. The first-order valence-corrected chi connectivity index (χ1v) is 11.6. The van der Waals surface area contributed by atoms with Crippen molar-refractivity contribution in [2.75, 3.05) is 31.5 Å². The highest BCUT2D eigenvalue weighted by Crippen LogP contribution is 2.30. The van der Waals surface area contributed by atoms with Crippen LogP contribution in [0.15, 0.2) is 55.0 Å². The molecule has 0 unspecified atom stereocenters. The Bertz CT molecular complexity index is 1310. The number of carboxylic acid groups (broad SMARTS) is 1. The first-order valence-electron chi connectivity index (χ1n) is 11.6. The molecule has 174 valence electrons. The number of aromatic amines is 1. The predicted molar refractivity (Wildman–Crippen MR) is 133 cm³/mol. The number of anilines is 1. The summed E-state index contributed by atoms with van der Waals surface area (Å²) in [7, 11) is 0. The number of piperidine rings is 1. The third kappa shape index (κ3) is 4.77. The van der Waals surface area contributed by atoms with Crippen molar-refractivity contribution in [2.45, 2.75) is 19.8 Å². The molecule has 0 radical (unpaired) electrons. The van der Waals surface area contributed by atoms with E-state index in [0.29, 0.717) is 0 Å². The number of nitrogens with zero attached hydrogens (tertiary/aromatic N) is 4. The van der Waals surface area contributed by atoms with E-state index in [2.05, 4.69) is 42.3 Å². The zero-order chi connectivity index (χ0) is 23.5. The van der Waals surface area contributed by atoms with Gasteiger partial charge in [0, 0.05) is 29.7 Å². The number of rotatable bonds is 7. The summed E-state index contributed by atoms with van der Waals surface area (Å²) in [5, 5.41) is 13.7. The highest BCUT2D eigenvalue weighted by molar-refractivity contribution is 5.88. The fourth-order valence-electron chi connectivity index (χ4n) is 4.53. The fraction of sp³-hybridized carbons (Fsp3) is 0.308. The second-order valence-corrected chi connectivity index (χ2v) is 8.80. The van der Waals surface area contributed by atoms with E-state index in [9.17, 15) is 4.79 Å². The summed E-state index contributed by atoms with van der Waals surface area (Å²) in [6.07, 6.45) is 5.01. The molecule has 4 aromatic rings. The molecule has 0 saturated carbocycles. The van der Waals surface area contributed by atoms with Crippen LogP contribution in [-0.4, -0.2) is 62.1 Å². The largest absolute Gasteiger partial charge is 0.481 e. The minimum atomic E-state index is -0.670. The van der Waals surface area contributed by atoms with Gasteiger partial charge in [0.15, 0.2) is 0 Å². The van der Waals surface area contributed by atoms with Crippen LogP contribution < -0.4 is 5.32 Å². The van der Waals surface area contributed by atoms with E-state index in [1.807, 2.05) is 43.5 Å². The van der Waals surface area contributed by atoms with Gasteiger partial charge in [0.25, 0.3) is 0 Å². The summed E-state index contributed by atoms with van der Waals surface area (Å²) in [6, 6.07) is 14.2. The molecule has 8 nitrogen and oxygen atoms in total. The van der Waals surface area contributed by atoms with Crippen molar-refractivity contribution < 1.29 is 9.90 Å². The maximum Gasteiger partial charge on any atom is 0.306 e. The van der Waals surface area contributed by atoms with Gasteiger partial charge in [-0.3, -0.25) is 14.8 Å². The Labute approximate surface area is 198 Å². The van der Waals surface area contributed by atoms with Crippen LogP contribution in [0.25, 0.3) is 33.5 Å². The third-order valence-electron chi connectivity index (χ3n) is 6.43. The molecule has 0 amide bonds. The molecule has 1 saturated heterocycles. The molecule has 3 aromatic heterocycles. The predicted octanol–water partition coefficient (Wildman–Crippen LogP) is 4.20. The second-order valence-electron chi connectivity index (χ2n) is 8.80. The fourth-order valence-corrected chi connectivity index (χ4v) is 4.53. The van der Waals surface area contributed by atoms with Gasteiger partial charge in [-0.2, -0.15) is 0 Å². The van der Waals surface area contributed by atoms with E-state index in [1.165, 1.54) is 0 Å². The molecular formula is C26H28N6O2. The van der Waals surface area contributed by atoms with E-state index in [0.717, 1.165) is 84.0 Å². The summed E-state index contributed by atoms with van der Waals surface area (Å²) in [5.41, 5.74) is 6.49. The van der Waals surface area contributed by atoms with Gasteiger partial charge in [-0.1, -0.05) is 12.1 Å². The standard InChI is InChI=1S/C26H28N6O2/c1-17-3-2-4-23(31-17)25-24(29-16-30-25)19-5-6-22-20(13-19)14-21(15-28-22)27-9-12-32-10-7-18(8-11-32)26(33)34/h2-6,13-16,18,27H,7-12H2,1H3,(H,29,30)(H,33,34). The third-order valence-corrected chi connectivity index (χ3v) is 6.43. The van der Waals surface area contributed by atoms with Crippen molar-refractivity contribution in [3.05, 3.63) is 60.7 Å². The van der Waals surface area contributed by atoms with E-state index in [1.54, 1.807) is 6.33 Å². The van der Waals surface area contributed by atoms with Crippen molar-refractivity contribution >= 4 is 22.6 Å². The van der Waals surface area contributed by atoms with Crippen LogP contribution in [-0.2, 0) is 4.79 Å². The quantitative estimate of drug-likeness (QED) is 0.382. The van der Waals surface area contributed by atoms with Crippen molar-refractivity contribution in [1.29, 1.82) is 0 Å². The van der Waals surface area contributed by atoms with Crippen LogP contribution >= 0.6 is 0 Å². The lowest BCUT2D eigenvalue weighted by Gasteiger charge is -2.30. The first kappa shape index (κ1) is 22.0. The summed E-state index contributed by atoms with van der Waals surface area (Å²) >= 11 is 0. The number of nitrogens with one attached hydrogen (secondary N) is 2. The Kier molecular flexibility index (Phi) is 6.22. The van der Waals surface area contributed by atoms with Gasteiger partial charge in [-0.25, -0.2) is 4.98 Å². The number of fused-ring (bicyclic) bond motifs is 1. The van der Waals surface area contributed by atoms with Gasteiger partial charge in [0.05, 0.1) is 46.7 Å². The highest BCUT2D eigenvalue weighted by Gasteiger charge is 2.23. The van der Waals surface area contributed by atoms with Crippen molar-refractivity contribution in [1.82, 2.24) is 24.8 Å². The molecule has 3 N–H and O–H groups in total. The number of likely N-dealkylation sites (tertiary alicyclic amines) is 1. The number of benzene rings is 1. The SMILES string of the molecule is Cc1cccc(-c2[nH]cnc2-c2ccc3ncc(NCCN4CCC(C(=O)O)CC4)cc3c2)n1. The Morgan fingerprint density at radius 3 is 2.82 bits per heavy atom. The molecule has 34 heavy (non-hydrogen) atoms. The van der Waals surface area contributed by atoms with Crippen LogP contribution in [0.2, 0.25) is 0 Å². The smallest absolute Gasteiger partial charge is 0.306 e. The molecule has 5 rings (SSSR count). The number of aliphatic carboxylic acids is 1. The topological polar surface area (TPSA) is 107 Å². The molecule has 0 spiro atoms. The summed E-state index contributed by atoms with van der Waals surface area (Å²) in [6.45, 7) is 5.31. The summed E-state index contributed by atoms with van der Waals surface area (Å²) < 4.78 is 0. The van der Waals surface area contributed by atoms with Crippen molar-refractivity contribution in [3.63, 3.8) is 0 Å². The molecule has 1 aliphatic heterocycles. The van der Waals surface area contributed by atoms with Gasteiger partial charge in [0.1, 0.15) is 0 Å². The minimum Gasteiger partial charge on any atom is -0.481 e. The molecule has 0 bridgehead atoms. The molecule has 1 aromatic carbocycles. The minimum absolute atomic E-state index is 0.195. The summed E-state index contributed by atoms with van der Waals surface area (Å²) in [5.74, 6) is -0.865. The maximum atomic E-state index is 11.1. The van der Waals surface area contributed by atoms with Gasteiger partial charge in [0.2, 0.25) is 0 Å². The van der Waals surface area contributed by atoms with Gasteiger partial charge < -0.3 is 20.3 Å². The molecule has 0 aliphatic carbocycles. The van der Waals surface area contributed by atoms with E-state index in [-0.39, 0.29) is 5.92 Å². The Hall–Kier alpha value is -3.78. The first-order chi connectivity index (χ1) is 16.6. The second kappa shape index (κ2) is 9.61. The summed E-state index contributed by atoms with van der Waals surface area (Å²) in [4.78, 5) is 30.5. The van der Waals surface area contributed by atoms with Gasteiger partial charge >= 0.3 is 5.97 Å². The Morgan fingerprint density at radius 1 is 1.18 bits per heavy atom. The van der Waals surface area contributed by atoms with Crippen LogP contribution in [0, 0.1) is 12.8 Å². The van der Waals surface area contributed by atoms with Crippen LogP contribution in [0.4, 0.5) is 5.69 Å². The molecule has 1 aliphatic rings. The van der Waals surface area contributed by atoms with Crippen molar-refractivity contribution in [3.8, 4) is 22.6 Å². The average molecular weight is 457 g/mol.